The first kappa shape index (κ1) is 18.8. The van der Waals surface area contributed by atoms with Crippen LogP contribution in [0.2, 0.25) is 0 Å². The van der Waals surface area contributed by atoms with E-state index in [2.05, 4.69) is 4.72 Å². The van der Waals surface area contributed by atoms with E-state index in [0.717, 1.165) is 17.8 Å². The number of hydrogen-bond acceptors (Lipinski definition) is 6. The van der Waals surface area contributed by atoms with Gasteiger partial charge in [-0.15, -0.1) is 0 Å². The van der Waals surface area contributed by atoms with Crippen molar-refractivity contribution in [3.8, 4) is 0 Å². The highest BCUT2D eigenvalue weighted by atomic mass is 32.2. The van der Waals surface area contributed by atoms with Gasteiger partial charge in [-0.3, -0.25) is 10.1 Å². The number of benzene rings is 1. The molecule has 0 aliphatic heterocycles. The first-order valence-electron chi connectivity index (χ1n) is 6.45. The Morgan fingerprint density at radius 1 is 1.41 bits per heavy atom. The fourth-order valence-corrected chi connectivity index (χ4v) is 3.88. The van der Waals surface area contributed by atoms with Crippen molar-refractivity contribution in [3.63, 3.8) is 0 Å². The number of nitro benzene ring substituents is 1. The minimum absolute atomic E-state index is 0.153. The molecule has 0 atom stereocenters. The second-order valence-corrected chi connectivity index (χ2v) is 7.70. The normalized spacial score (nSPS) is 11.2. The summed E-state index contributed by atoms with van der Waals surface area (Å²) in [6.07, 6.45) is 0. The van der Waals surface area contributed by atoms with Crippen molar-refractivity contribution in [2.24, 2.45) is 0 Å². The zero-order valence-electron chi connectivity index (χ0n) is 12.4. The van der Waals surface area contributed by atoms with E-state index in [1.807, 2.05) is 18.7 Å². The lowest BCUT2D eigenvalue weighted by molar-refractivity contribution is -0.387. The summed E-state index contributed by atoms with van der Waals surface area (Å²) in [5, 5.41) is 11.2. The molecule has 1 N–H and O–H groups in total. The van der Waals surface area contributed by atoms with Crippen LogP contribution in [0.5, 0.6) is 0 Å². The topological polar surface area (TPSA) is 92.6 Å². The molecular formula is C12H17N3O4S3. The monoisotopic (exact) mass is 363 g/mol. The maximum absolute atomic E-state index is 11.7. The maximum atomic E-state index is 11.7. The van der Waals surface area contributed by atoms with E-state index >= 15 is 0 Å². The van der Waals surface area contributed by atoms with Gasteiger partial charge in [-0.1, -0.05) is 24.0 Å². The summed E-state index contributed by atoms with van der Waals surface area (Å²) in [4.78, 5) is 12.6. The van der Waals surface area contributed by atoms with Gasteiger partial charge in [0.1, 0.15) is 4.32 Å². The van der Waals surface area contributed by atoms with Crippen molar-refractivity contribution in [1.29, 1.82) is 0 Å². The molecule has 0 saturated heterocycles. The fraction of sp³-hybridized carbons (Fsp3) is 0.417. The molecule has 0 bridgehead atoms. The van der Waals surface area contributed by atoms with Crippen LogP contribution in [0.15, 0.2) is 28.0 Å². The van der Waals surface area contributed by atoms with Crippen LogP contribution in [-0.4, -0.2) is 42.7 Å². The number of thioether (sulfide) groups is 1. The van der Waals surface area contributed by atoms with Gasteiger partial charge in [0.2, 0.25) is 10.0 Å². The summed E-state index contributed by atoms with van der Waals surface area (Å²) in [6.45, 7) is 5.27. The summed E-state index contributed by atoms with van der Waals surface area (Å²) in [5.41, 5.74) is -0.282. The molecule has 22 heavy (non-hydrogen) atoms. The van der Waals surface area contributed by atoms with E-state index in [1.165, 1.54) is 19.2 Å². The SMILES string of the molecule is CCN(CC)C(=S)Sc1ccc(S(=O)(=O)NC)cc1[N+](=O)[O-]. The van der Waals surface area contributed by atoms with Crippen LogP contribution in [0, 0.1) is 10.1 Å². The lowest BCUT2D eigenvalue weighted by Crippen LogP contribution is -2.26. The van der Waals surface area contributed by atoms with E-state index in [1.54, 1.807) is 0 Å². The second-order valence-electron chi connectivity index (χ2n) is 4.13. The Bertz CT molecular complexity index is 672. The smallest absolute Gasteiger partial charge is 0.284 e. The third-order valence-corrected chi connectivity index (χ3v) is 5.84. The summed E-state index contributed by atoms with van der Waals surface area (Å²) in [6, 6.07) is 3.77. The molecule has 0 aliphatic carbocycles. The highest BCUT2D eigenvalue weighted by Gasteiger charge is 2.22. The third kappa shape index (κ3) is 4.38. The van der Waals surface area contributed by atoms with Crippen LogP contribution in [0.1, 0.15) is 13.8 Å². The molecule has 7 nitrogen and oxygen atoms in total. The van der Waals surface area contributed by atoms with Crippen molar-refractivity contribution in [2.75, 3.05) is 20.1 Å². The molecule has 0 fully saturated rings. The minimum atomic E-state index is -3.73. The first-order chi connectivity index (χ1) is 10.3. The maximum Gasteiger partial charge on any atom is 0.284 e. The lowest BCUT2D eigenvalue weighted by Gasteiger charge is -2.20. The van der Waals surface area contributed by atoms with Gasteiger partial charge in [0.25, 0.3) is 5.69 Å². The number of hydrogen-bond donors (Lipinski definition) is 1. The van der Waals surface area contributed by atoms with Gasteiger partial charge in [-0.25, -0.2) is 13.1 Å². The standard InChI is InChI=1S/C12H17N3O4S3/c1-4-14(5-2)12(20)21-11-7-6-9(22(18,19)13-3)8-10(11)15(16)17/h6-8,13H,4-5H2,1-3H3. The molecule has 1 aromatic carbocycles. The summed E-state index contributed by atoms with van der Waals surface area (Å²) in [7, 11) is -2.48. The molecule has 1 aromatic rings. The molecule has 0 radical (unpaired) electrons. The summed E-state index contributed by atoms with van der Waals surface area (Å²) >= 11 is 6.35. The van der Waals surface area contributed by atoms with Gasteiger partial charge >= 0.3 is 0 Å². The van der Waals surface area contributed by atoms with Crippen molar-refractivity contribution >= 4 is 44.0 Å². The number of nitro groups is 1. The highest BCUT2D eigenvalue weighted by Crippen LogP contribution is 2.33. The average molecular weight is 363 g/mol. The van der Waals surface area contributed by atoms with Crippen LogP contribution in [0.4, 0.5) is 5.69 Å². The van der Waals surface area contributed by atoms with Gasteiger partial charge in [-0.05, 0) is 33.0 Å². The second kappa shape index (κ2) is 7.86. The molecule has 0 unspecified atom stereocenters. The fourth-order valence-electron chi connectivity index (χ4n) is 1.65. The van der Waals surface area contributed by atoms with Crippen molar-refractivity contribution < 1.29 is 13.3 Å². The van der Waals surface area contributed by atoms with Crippen LogP contribution >= 0.6 is 24.0 Å². The predicted octanol–water partition coefficient (Wildman–Crippen LogP) is 2.22. The Morgan fingerprint density at radius 3 is 2.45 bits per heavy atom. The van der Waals surface area contributed by atoms with Gasteiger partial charge in [0.15, 0.2) is 0 Å². The van der Waals surface area contributed by atoms with E-state index < -0.39 is 14.9 Å². The van der Waals surface area contributed by atoms with Crippen LogP contribution in [0.25, 0.3) is 0 Å². The van der Waals surface area contributed by atoms with E-state index in [-0.39, 0.29) is 10.6 Å². The van der Waals surface area contributed by atoms with Crippen LogP contribution in [-0.2, 0) is 10.0 Å². The quantitative estimate of drug-likeness (QED) is 0.358. The zero-order chi connectivity index (χ0) is 16.9. The number of sulfonamides is 1. The number of nitrogens with one attached hydrogen (secondary N) is 1. The van der Waals surface area contributed by atoms with E-state index in [9.17, 15) is 18.5 Å². The molecule has 0 heterocycles. The molecule has 0 saturated carbocycles. The Kier molecular flexibility index (Phi) is 6.72. The molecule has 0 amide bonds. The van der Waals surface area contributed by atoms with Crippen LogP contribution in [0.3, 0.4) is 0 Å². The molecule has 0 spiro atoms. The van der Waals surface area contributed by atoms with Gasteiger partial charge in [0.05, 0.1) is 14.7 Å². The Balaban J connectivity index is 3.22. The largest absolute Gasteiger partial charge is 0.358 e. The van der Waals surface area contributed by atoms with Crippen molar-refractivity contribution in [2.45, 2.75) is 23.6 Å². The molecule has 122 valence electrons. The summed E-state index contributed by atoms with van der Waals surface area (Å²) in [5.74, 6) is 0. The minimum Gasteiger partial charge on any atom is -0.358 e. The zero-order valence-corrected chi connectivity index (χ0v) is 14.8. The van der Waals surface area contributed by atoms with E-state index in [4.69, 9.17) is 12.2 Å². The van der Waals surface area contributed by atoms with Gasteiger partial charge in [0, 0.05) is 19.2 Å². The lowest BCUT2D eigenvalue weighted by atomic mass is 10.3. The first-order valence-corrected chi connectivity index (χ1v) is 9.16. The molecule has 1 rings (SSSR count). The van der Waals surface area contributed by atoms with Gasteiger partial charge < -0.3 is 4.90 Å². The molecular weight excluding hydrogens is 346 g/mol. The number of thiocarbonyl (C=S) groups is 1. The van der Waals surface area contributed by atoms with E-state index in [0.29, 0.717) is 22.3 Å². The Hall–Kier alpha value is -1.23. The van der Waals surface area contributed by atoms with Crippen molar-refractivity contribution in [3.05, 3.63) is 28.3 Å². The molecule has 0 aliphatic rings. The highest BCUT2D eigenvalue weighted by molar-refractivity contribution is 8.23. The van der Waals surface area contributed by atoms with Crippen molar-refractivity contribution in [1.82, 2.24) is 9.62 Å². The predicted molar refractivity (Wildman–Crippen MR) is 90.7 cm³/mol. The number of nitrogens with zero attached hydrogens (tertiary/aromatic N) is 2. The van der Waals surface area contributed by atoms with Gasteiger partial charge in [-0.2, -0.15) is 0 Å². The number of rotatable bonds is 6. The summed E-state index contributed by atoms with van der Waals surface area (Å²) < 4.78 is 26.1. The Labute approximate surface area is 139 Å². The molecule has 0 aromatic heterocycles. The Morgan fingerprint density at radius 2 is 2.00 bits per heavy atom. The van der Waals surface area contributed by atoms with Crippen LogP contribution < -0.4 is 4.72 Å². The average Bonchev–Trinajstić information content (AvgIpc) is 2.48. The molecule has 10 heteroatoms. The third-order valence-electron chi connectivity index (χ3n) is 2.93.